The number of benzene rings is 2. The molecule has 0 radical (unpaired) electrons. The van der Waals surface area contributed by atoms with Crippen LogP contribution in [0.25, 0.3) is 0 Å². The third-order valence-corrected chi connectivity index (χ3v) is 7.42. The lowest BCUT2D eigenvalue weighted by molar-refractivity contribution is -0.148. The van der Waals surface area contributed by atoms with Gasteiger partial charge in [0, 0.05) is 0 Å². The van der Waals surface area contributed by atoms with Crippen molar-refractivity contribution in [1.29, 1.82) is 0 Å². The summed E-state index contributed by atoms with van der Waals surface area (Å²) in [6.45, 7) is -0.312. The number of carbonyl (C=O) groups is 1. The lowest BCUT2D eigenvalue weighted by Gasteiger charge is -2.27. The number of rotatable bonds is 5. The van der Waals surface area contributed by atoms with E-state index in [2.05, 4.69) is 0 Å². The van der Waals surface area contributed by atoms with Crippen LogP contribution in [0.5, 0.6) is 0 Å². The first kappa shape index (κ1) is 23.8. The van der Waals surface area contributed by atoms with E-state index in [1.165, 1.54) is 12.2 Å². The fourth-order valence-electron chi connectivity index (χ4n) is 3.29. The molecule has 0 saturated carbocycles. The number of alkyl halides is 6. The summed E-state index contributed by atoms with van der Waals surface area (Å²) in [5, 5.41) is 0. The van der Waals surface area contributed by atoms with Crippen molar-refractivity contribution in [2.45, 2.75) is 41.4 Å². The highest BCUT2D eigenvalue weighted by Crippen LogP contribution is 2.42. The van der Waals surface area contributed by atoms with E-state index in [9.17, 15) is 39.6 Å². The number of carbonyl (C=O) groups excluding carboxylic acids is 1. The first-order chi connectivity index (χ1) is 14.8. The maximum atomic E-state index is 13.3. The van der Waals surface area contributed by atoms with Crippen molar-refractivity contribution in [2.75, 3.05) is 0 Å². The molecular formula is C21H16F6O4S. The van der Waals surface area contributed by atoms with Gasteiger partial charge in [0.2, 0.25) is 0 Å². The molecular weight excluding hydrogens is 462 g/mol. The summed E-state index contributed by atoms with van der Waals surface area (Å²) >= 11 is 0. The Hall–Kier alpha value is -2.82. The molecule has 0 fully saturated rings. The van der Waals surface area contributed by atoms with Gasteiger partial charge in [-0.1, -0.05) is 42.5 Å². The molecule has 0 aliphatic heterocycles. The molecule has 0 bridgehead atoms. The molecule has 0 amide bonds. The van der Waals surface area contributed by atoms with Gasteiger partial charge in [-0.2, -0.15) is 26.3 Å². The normalized spacial score (nSPS) is 16.2. The molecule has 3 rings (SSSR count). The zero-order chi connectivity index (χ0) is 23.8. The van der Waals surface area contributed by atoms with Gasteiger partial charge in [-0.05, 0) is 36.6 Å². The average molecular weight is 478 g/mol. The van der Waals surface area contributed by atoms with E-state index in [-0.39, 0.29) is 24.8 Å². The van der Waals surface area contributed by atoms with Crippen LogP contribution in [0.1, 0.15) is 29.5 Å². The molecule has 0 aromatic heterocycles. The summed E-state index contributed by atoms with van der Waals surface area (Å²) in [6, 6.07) is 8.23. The lowest BCUT2D eigenvalue weighted by Crippen LogP contribution is -2.45. The molecule has 0 saturated heterocycles. The third kappa shape index (κ3) is 4.52. The Morgan fingerprint density at radius 2 is 1.38 bits per heavy atom. The molecule has 11 heteroatoms. The van der Waals surface area contributed by atoms with Crippen molar-refractivity contribution in [3.63, 3.8) is 0 Å². The van der Waals surface area contributed by atoms with Crippen LogP contribution in [-0.2, 0) is 38.3 Å². The summed E-state index contributed by atoms with van der Waals surface area (Å²) in [7, 11) is -5.01. The number of hydrogen-bond acceptors (Lipinski definition) is 4. The maximum Gasteiger partial charge on any atom is 0.416 e. The molecule has 172 valence electrons. The fraction of sp³-hybridized carbons (Fsp3) is 0.286. The van der Waals surface area contributed by atoms with Gasteiger partial charge < -0.3 is 4.74 Å². The van der Waals surface area contributed by atoms with E-state index >= 15 is 0 Å². The largest absolute Gasteiger partial charge is 0.460 e. The Morgan fingerprint density at radius 1 is 0.875 bits per heavy atom. The SMILES string of the molecule is O=C(OCc1ccccc1)C1(S(=O)(=O)c2cc(C(F)(F)F)cc(C(F)(F)F)c2)CC=CC1. The number of sulfone groups is 1. The zero-order valence-corrected chi connectivity index (χ0v) is 17.0. The van der Waals surface area contributed by atoms with Crippen molar-refractivity contribution in [3.8, 4) is 0 Å². The van der Waals surface area contributed by atoms with Gasteiger partial charge in [0.15, 0.2) is 14.6 Å². The van der Waals surface area contributed by atoms with Gasteiger partial charge in [-0.3, -0.25) is 4.79 Å². The van der Waals surface area contributed by atoms with Gasteiger partial charge in [0.25, 0.3) is 0 Å². The summed E-state index contributed by atoms with van der Waals surface area (Å²) in [5.74, 6) is -1.25. The predicted molar refractivity (Wildman–Crippen MR) is 101 cm³/mol. The molecule has 0 heterocycles. The Kier molecular flexibility index (Phi) is 6.16. The number of esters is 1. The van der Waals surface area contributed by atoms with E-state index < -0.39 is 61.8 Å². The van der Waals surface area contributed by atoms with E-state index in [0.717, 1.165) is 0 Å². The molecule has 0 N–H and O–H groups in total. The lowest BCUT2D eigenvalue weighted by atomic mass is 10.1. The Labute approximate surface area is 179 Å². The highest BCUT2D eigenvalue weighted by atomic mass is 32.2. The average Bonchev–Trinajstić information content (AvgIpc) is 3.23. The first-order valence-electron chi connectivity index (χ1n) is 9.18. The zero-order valence-electron chi connectivity index (χ0n) is 16.2. The van der Waals surface area contributed by atoms with Crippen molar-refractivity contribution in [1.82, 2.24) is 0 Å². The second-order valence-electron chi connectivity index (χ2n) is 7.18. The summed E-state index contributed by atoms with van der Waals surface area (Å²) in [5.41, 5.74) is -3.05. The maximum absolute atomic E-state index is 13.3. The van der Waals surface area contributed by atoms with Crippen LogP contribution in [0.2, 0.25) is 0 Å². The predicted octanol–water partition coefficient (Wildman–Crippen LogP) is 5.33. The number of hydrogen-bond donors (Lipinski definition) is 0. The molecule has 0 atom stereocenters. The summed E-state index contributed by atoms with van der Waals surface area (Å²) in [6.07, 6.45) is -8.72. The molecule has 2 aromatic rings. The van der Waals surface area contributed by atoms with Gasteiger partial charge in [-0.25, -0.2) is 8.42 Å². The van der Waals surface area contributed by atoms with E-state index in [0.29, 0.717) is 5.56 Å². The molecule has 1 aliphatic rings. The van der Waals surface area contributed by atoms with Gasteiger partial charge in [-0.15, -0.1) is 0 Å². The van der Waals surface area contributed by atoms with Gasteiger partial charge in [0.1, 0.15) is 6.61 Å². The van der Waals surface area contributed by atoms with Crippen molar-refractivity contribution >= 4 is 15.8 Å². The standard InChI is InChI=1S/C21H16F6O4S/c22-20(23,24)15-10-16(21(25,26)27)12-17(11-15)32(29,30)19(8-4-5-9-19)18(28)31-13-14-6-2-1-3-7-14/h1-7,10-12H,8-9,13H2. The summed E-state index contributed by atoms with van der Waals surface area (Å²) in [4.78, 5) is 11.6. The minimum Gasteiger partial charge on any atom is -0.460 e. The highest BCUT2D eigenvalue weighted by molar-refractivity contribution is 7.93. The van der Waals surface area contributed by atoms with Crippen LogP contribution in [0.3, 0.4) is 0 Å². The van der Waals surface area contributed by atoms with Crippen LogP contribution in [0, 0.1) is 0 Å². The Balaban J connectivity index is 2.06. The number of allylic oxidation sites excluding steroid dienone is 2. The third-order valence-electron chi connectivity index (χ3n) is 5.03. The minimum absolute atomic E-state index is 0.106. The molecule has 32 heavy (non-hydrogen) atoms. The second kappa shape index (κ2) is 8.27. The highest BCUT2D eigenvalue weighted by Gasteiger charge is 2.54. The first-order valence-corrected chi connectivity index (χ1v) is 10.7. The van der Waals surface area contributed by atoms with Crippen molar-refractivity contribution in [2.24, 2.45) is 0 Å². The van der Waals surface area contributed by atoms with Crippen LogP contribution < -0.4 is 0 Å². The molecule has 2 aromatic carbocycles. The number of ether oxygens (including phenoxy) is 1. The van der Waals surface area contributed by atoms with Gasteiger partial charge in [0.05, 0.1) is 16.0 Å². The topological polar surface area (TPSA) is 60.4 Å². The van der Waals surface area contributed by atoms with Crippen LogP contribution in [0.15, 0.2) is 65.6 Å². The van der Waals surface area contributed by atoms with Crippen LogP contribution in [0.4, 0.5) is 26.3 Å². The second-order valence-corrected chi connectivity index (χ2v) is 9.44. The summed E-state index contributed by atoms with van der Waals surface area (Å²) < 4.78 is 109. The van der Waals surface area contributed by atoms with Crippen LogP contribution >= 0.6 is 0 Å². The van der Waals surface area contributed by atoms with Crippen LogP contribution in [-0.4, -0.2) is 19.1 Å². The number of halogens is 6. The van der Waals surface area contributed by atoms with E-state index in [4.69, 9.17) is 4.74 Å². The molecule has 0 spiro atoms. The smallest absolute Gasteiger partial charge is 0.416 e. The monoisotopic (exact) mass is 478 g/mol. The minimum atomic E-state index is -5.24. The van der Waals surface area contributed by atoms with Crippen molar-refractivity contribution in [3.05, 3.63) is 77.4 Å². The van der Waals surface area contributed by atoms with E-state index in [1.807, 2.05) is 0 Å². The molecule has 1 aliphatic carbocycles. The molecule has 0 unspecified atom stereocenters. The van der Waals surface area contributed by atoms with Crippen molar-refractivity contribution < 1.29 is 44.3 Å². The molecule has 4 nitrogen and oxygen atoms in total. The van der Waals surface area contributed by atoms with E-state index in [1.54, 1.807) is 30.3 Å². The fourth-order valence-corrected chi connectivity index (χ4v) is 5.21. The Morgan fingerprint density at radius 3 is 1.84 bits per heavy atom. The Bertz CT molecular complexity index is 1090. The van der Waals surface area contributed by atoms with Gasteiger partial charge >= 0.3 is 18.3 Å². The quantitative estimate of drug-likeness (QED) is 0.331.